The monoisotopic (exact) mass is 364 g/mol. The third kappa shape index (κ3) is 3.67. The quantitative estimate of drug-likeness (QED) is 0.310. The van der Waals surface area contributed by atoms with Gasteiger partial charge in [0.2, 0.25) is 5.95 Å². The third-order valence-electron chi connectivity index (χ3n) is 4.04. The molecule has 132 valence electrons. The molecule has 1 saturated carbocycles. The number of hydrogen-bond donors (Lipinski definition) is 6. The van der Waals surface area contributed by atoms with E-state index in [4.69, 9.17) is 17.3 Å². The molecule has 0 aliphatic heterocycles. The number of nitrogens with one attached hydrogen (secondary N) is 2. The Labute approximate surface area is 148 Å². The minimum Gasteiger partial charge on any atom is -0.396 e. The molecule has 25 heavy (non-hydrogen) atoms. The zero-order valence-corrected chi connectivity index (χ0v) is 13.8. The first-order valence-corrected chi connectivity index (χ1v) is 7.95. The molecule has 0 bridgehead atoms. The van der Waals surface area contributed by atoms with Gasteiger partial charge < -0.3 is 31.4 Å². The Bertz CT molecular complexity index is 804. The number of nitrogen functional groups attached to an aromatic ring is 1. The van der Waals surface area contributed by atoms with Gasteiger partial charge in [0.25, 0.3) is 0 Å². The Morgan fingerprint density at radius 3 is 2.76 bits per heavy atom. The number of rotatable bonds is 3. The molecule has 0 unspecified atom stereocenters. The van der Waals surface area contributed by atoms with Crippen LogP contribution in [0.5, 0.6) is 0 Å². The number of aliphatic hydroxyl groups excluding tert-OH is 3. The highest BCUT2D eigenvalue weighted by Gasteiger charge is 2.41. The molecule has 3 rings (SSSR count). The number of halogens is 1. The fourth-order valence-electron chi connectivity index (χ4n) is 2.74. The van der Waals surface area contributed by atoms with Crippen LogP contribution in [0, 0.1) is 17.8 Å². The predicted molar refractivity (Wildman–Crippen MR) is 90.6 cm³/mol. The van der Waals surface area contributed by atoms with Gasteiger partial charge >= 0.3 is 0 Å². The molecule has 2 aromatic rings. The molecular formula is C15H17ClN6O3. The lowest BCUT2D eigenvalue weighted by Gasteiger charge is -2.19. The van der Waals surface area contributed by atoms with E-state index in [9.17, 15) is 15.3 Å². The number of nitrogens with zero attached hydrogens (tertiary/aromatic N) is 3. The largest absolute Gasteiger partial charge is 0.396 e. The Hall–Kier alpha value is -2.38. The fourth-order valence-corrected chi connectivity index (χ4v) is 2.97. The van der Waals surface area contributed by atoms with Crippen LogP contribution < -0.4 is 11.1 Å². The molecular weight excluding hydrogens is 348 g/mol. The van der Waals surface area contributed by atoms with Crippen molar-refractivity contribution in [2.75, 3.05) is 17.7 Å². The summed E-state index contributed by atoms with van der Waals surface area (Å²) in [6, 6.07) is -0.540. The van der Waals surface area contributed by atoms with Crippen molar-refractivity contribution in [3.05, 3.63) is 28.9 Å². The Kier molecular flexibility index (Phi) is 5.06. The summed E-state index contributed by atoms with van der Waals surface area (Å²) in [5.74, 6) is 5.82. The number of aromatic amines is 1. The standard InChI is InChI=1S/C15H17ClN6O3/c16-13-8(1-2-10-18-3-4-19-10)14(22-15(17)21-13)20-9-5-7(6-23)11(24)12(9)25/h3-4,7,9,11-12,23-25H,5-6H2,(H,18,19)(H3,17,20,21,22)/t7-,9-,11-,12+/m1/s1. The van der Waals surface area contributed by atoms with Crippen LogP contribution in [0.1, 0.15) is 17.8 Å². The predicted octanol–water partition coefficient (Wildman–Crippen LogP) is -0.650. The van der Waals surface area contributed by atoms with E-state index in [0.29, 0.717) is 17.8 Å². The lowest BCUT2D eigenvalue weighted by molar-refractivity contribution is 0.00445. The third-order valence-corrected chi connectivity index (χ3v) is 4.32. The van der Waals surface area contributed by atoms with Crippen molar-refractivity contribution in [1.82, 2.24) is 19.9 Å². The minimum atomic E-state index is -1.07. The van der Waals surface area contributed by atoms with E-state index in [1.165, 1.54) is 0 Å². The zero-order chi connectivity index (χ0) is 18.0. The highest BCUT2D eigenvalue weighted by atomic mass is 35.5. The van der Waals surface area contributed by atoms with Gasteiger partial charge in [-0.15, -0.1) is 0 Å². The number of aliphatic hydroxyl groups is 3. The van der Waals surface area contributed by atoms with Crippen LogP contribution in [-0.4, -0.2) is 60.1 Å². The molecule has 0 radical (unpaired) electrons. The summed E-state index contributed by atoms with van der Waals surface area (Å²) >= 11 is 6.13. The number of H-pyrrole nitrogens is 1. The Morgan fingerprint density at radius 2 is 2.12 bits per heavy atom. The van der Waals surface area contributed by atoms with Crippen molar-refractivity contribution in [3.8, 4) is 11.8 Å². The van der Waals surface area contributed by atoms with Crippen LogP contribution >= 0.6 is 11.6 Å². The van der Waals surface area contributed by atoms with Gasteiger partial charge in [0.05, 0.1) is 12.1 Å². The van der Waals surface area contributed by atoms with Crippen LogP contribution in [0.4, 0.5) is 11.8 Å². The smallest absolute Gasteiger partial charge is 0.223 e. The van der Waals surface area contributed by atoms with E-state index in [-0.39, 0.29) is 23.5 Å². The van der Waals surface area contributed by atoms with Crippen molar-refractivity contribution in [1.29, 1.82) is 0 Å². The lowest BCUT2D eigenvalue weighted by Crippen LogP contribution is -2.35. The summed E-state index contributed by atoms with van der Waals surface area (Å²) in [6.07, 6.45) is 1.45. The molecule has 0 spiro atoms. The fraction of sp³-hybridized carbons (Fsp3) is 0.400. The zero-order valence-electron chi connectivity index (χ0n) is 13.0. The molecule has 0 aromatic carbocycles. The van der Waals surface area contributed by atoms with Gasteiger partial charge in [-0.2, -0.15) is 9.97 Å². The molecule has 2 aromatic heterocycles. The SMILES string of the molecule is Nc1nc(Cl)c(C#Cc2ncc[nH]2)c(N[C@@H]2C[C@H](CO)[C@@H](O)[C@H]2O)n1. The average Bonchev–Trinajstić information content (AvgIpc) is 3.18. The first kappa shape index (κ1) is 17.4. The molecule has 0 amide bonds. The van der Waals surface area contributed by atoms with E-state index in [1.807, 2.05) is 0 Å². The van der Waals surface area contributed by atoms with E-state index in [1.54, 1.807) is 12.4 Å². The second kappa shape index (κ2) is 7.25. The van der Waals surface area contributed by atoms with Crippen LogP contribution in [0.3, 0.4) is 0 Å². The van der Waals surface area contributed by atoms with Crippen molar-refractivity contribution >= 4 is 23.4 Å². The van der Waals surface area contributed by atoms with Gasteiger partial charge in [-0.1, -0.05) is 17.5 Å². The van der Waals surface area contributed by atoms with Crippen molar-refractivity contribution in [2.45, 2.75) is 24.7 Å². The van der Waals surface area contributed by atoms with E-state index in [2.05, 4.69) is 37.1 Å². The molecule has 2 heterocycles. The summed E-state index contributed by atoms with van der Waals surface area (Å²) in [5.41, 5.74) is 5.94. The van der Waals surface area contributed by atoms with Gasteiger partial charge in [-0.05, 0) is 12.3 Å². The lowest BCUT2D eigenvalue weighted by atomic mass is 10.1. The van der Waals surface area contributed by atoms with E-state index in [0.717, 1.165) is 0 Å². The maximum absolute atomic E-state index is 10.1. The highest BCUT2D eigenvalue weighted by molar-refractivity contribution is 6.31. The summed E-state index contributed by atoms with van der Waals surface area (Å²) in [6.45, 7) is -0.228. The molecule has 7 N–H and O–H groups in total. The second-order valence-electron chi connectivity index (χ2n) is 5.69. The van der Waals surface area contributed by atoms with Gasteiger partial charge in [-0.3, -0.25) is 0 Å². The van der Waals surface area contributed by atoms with Gasteiger partial charge in [0.1, 0.15) is 17.5 Å². The Morgan fingerprint density at radius 1 is 1.32 bits per heavy atom. The molecule has 1 aliphatic rings. The summed E-state index contributed by atoms with van der Waals surface area (Å²) in [4.78, 5) is 14.8. The van der Waals surface area contributed by atoms with Crippen molar-refractivity contribution in [3.63, 3.8) is 0 Å². The van der Waals surface area contributed by atoms with Crippen LogP contribution in [0.15, 0.2) is 12.4 Å². The second-order valence-corrected chi connectivity index (χ2v) is 6.05. The number of aromatic nitrogens is 4. The maximum Gasteiger partial charge on any atom is 0.223 e. The van der Waals surface area contributed by atoms with Crippen molar-refractivity contribution in [2.24, 2.45) is 5.92 Å². The van der Waals surface area contributed by atoms with Gasteiger partial charge in [0, 0.05) is 24.9 Å². The van der Waals surface area contributed by atoms with Gasteiger partial charge in [0.15, 0.2) is 11.0 Å². The number of imidazole rings is 1. The average molecular weight is 365 g/mol. The molecule has 4 atom stereocenters. The van der Waals surface area contributed by atoms with Crippen LogP contribution in [0.25, 0.3) is 0 Å². The number of anilines is 2. The maximum atomic E-state index is 10.1. The van der Waals surface area contributed by atoms with E-state index < -0.39 is 24.2 Å². The normalized spacial score (nSPS) is 25.4. The Balaban J connectivity index is 1.90. The first-order chi connectivity index (χ1) is 12.0. The molecule has 9 nitrogen and oxygen atoms in total. The molecule has 1 fully saturated rings. The summed E-state index contributed by atoms with van der Waals surface area (Å²) < 4.78 is 0. The first-order valence-electron chi connectivity index (χ1n) is 7.57. The minimum absolute atomic E-state index is 0.0530. The van der Waals surface area contributed by atoms with Crippen LogP contribution in [0.2, 0.25) is 5.15 Å². The highest BCUT2D eigenvalue weighted by Crippen LogP contribution is 2.30. The van der Waals surface area contributed by atoms with E-state index >= 15 is 0 Å². The number of nitrogens with two attached hydrogens (primary N) is 1. The number of hydrogen-bond acceptors (Lipinski definition) is 8. The van der Waals surface area contributed by atoms with Crippen LogP contribution in [-0.2, 0) is 0 Å². The molecule has 0 saturated heterocycles. The summed E-state index contributed by atoms with van der Waals surface area (Å²) in [7, 11) is 0. The molecule has 1 aliphatic carbocycles. The topological polar surface area (TPSA) is 153 Å². The summed E-state index contributed by atoms with van der Waals surface area (Å²) in [5, 5.41) is 32.4. The molecule has 10 heteroatoms. The van der Waals surface area contributed by atoms with Crippen molar-refractivity contribution < 1.29 is 15.3 Å². The van der Waals surface area contributed by atoms with Gasteiger partial charge in [-0.25, -0.2) is 4.98 Å².